The Balaban J connectivity index is 1.76. The molecule has 1 heterocycles. The monoisotopic (exact) mass is 423 g/mol. The predicted molar refractivity (Wildman–Crippen MR) is 97.5 cm³/mol. The van der Waals surface area contributed by atoms with Crippen molar-refractivity contribution in [3.63, 3.8) is 0 Å². The highest BCUT2D eigenvalue weighted by molar-refractivity contribution is 7.89. The molecule has 0 bridgehead atoms. The molecule has 1 N–H and O–H groups in total. The van der Waals surface area contributed by atoms with Crippen LogP contribution in [0.25, 0.3) is 11.4 Å². The van der Waals surface area contributed by atoms with Gasteiger partial charge in [0.15, 0.2) is 0 Å². The summed E-state index contributed by atoms with van der Waals surface area (Å²) in [4.78, 5) is 15.8. The first-order valence-corrected chi connectivity index (χ1v) is 10.0. The van der Waals surface area contributed by atoms with E-state index >= 15 is 0 Å². The Morgan fingerprint density at radius 3 is 2.62 bits per heavy atom. The van der Waals surface area contributed by atoms with Crippen LogP contribution < -0.4 is 9.46 Å². The molecule has 2 aromatic carbocycles. The van der Waals surface area contributed by atoms with E-state index in [9.17, 15) is 22.0 Å². The van der Waals surface area contributed by atoms with Gasteiger partial charge in [-0.3, -0.25) is 4.79 Å². The zero-order valence-electron chi connectivity index (χ0n) is 15.3. The van der Waals surface area contributed by atoms with Gasteiger partial charge in [0, 0.05) is 18.1 Å². The maximum Gasteiger partial charge on any atom is 0.267 e. The summed E-state index contributed by atoms with van der Waals surface area (Å²) in [6, 6.07) is 8.01. The molecule has 0 aliphatic heterocycles. The van der Waals surface area contributed by atoms with Gasteiger partial charge in [-0.1, -0.05) is 17.3 Å². The van der Waals surface area contributed by atoms with Gasteiger partial charge in [0.05, 0.1) is 11.8 Å². The number of hydrogen-bond donors (Lipinski definition) is 1. The summed E-state index contributed by atoms with van der Waals surface area (Å²) in [5.74, 6) is -2.17. The highest BCUT2D eigenvalue weighted by Crippen LogP contribution is 2.23. The molecular formula is C18H15F2N3O5S. The summed E-state index contributed by atoms with van der Waals surface area (Å²) in [5.41, 5.74) is -0.274. The number of ether oxygens (including phenoxy) is 1. The molecule has 0 radical (unpaired) electrons. The molecule has 0 saturated heterocycles. The van der Waals surface area contributed by atoms with Crippen LogP contribution in [0.5, 0.6) is 5.75 Å². The molecule has 0 atom stereocenters. The molecule has 0 saturated carbocycles. The minimum Gasteiger partial charge on any atom is -0.489 e. The number of amides is 1. The Hall–Kier alpha value is -3.34. The molecule has 1 aromatic heterocycles. The second-order valence-corrected chi connectivity index (χ2v) is 7.83. The maximum absolute atomic E-state index is 14.3. The van der Waals surface area contributed by atoms with Crippen molar-refractivity contribution in [3.05, 3.63) is 65.1 Å². The standard InChI is InChI=1S/C18H15F2N3O5S/c1-10-21-17(22-28-10)11-4-3-5-13(6-11)27-9-12-7-16(20)14(8-15(12)19)18(24)23-29(2,25)26/h3-8H,9H2,1-2H3,(H,23,24). The fourth-order valence-corrected chi connectivity index (χ4v) is 2.85. The van der Waals surface area contributed by atoms with E-state index in [-0.39, 0.29) is 12.2 Å². The van der Waals surface area contributed by atoms with Crippen molar-refractivity contribution < 1.29 is 31.3 Å². The zero-order valence-corrected chi connectivity index (χ0v) is 16.1. The molecule has 3 aromatic rings. The van der Waals surface area contributed by atoms with E-state index in [1.807, 2.05) is 0 Å². The third kappa shape index (κ3) is 5.13. The van der Waals surface area contributed by atoms with Crippen LogP contribution in [0, 0.1) is 18.6 Å². The largest absolute Gasteiger partial charge is 0.489 e. The van der Waals surface area contributed by atoms with Gasteiger partial charge in [0.1, 0.15) is 24.0 Å². The molecule has 8 nitrogen and oxygen atoms in total. The molecule has 152 valence electrons. The quantitative estimate of drug-likeness (QED) is 0.649. The van der Waals surface area contributed by atoms with Crippen LogP contribution in [-0.4, -0.2) is 30.7 Å². The maximum atomic E-state index is 14.3. The van der Waals surface area contributed by atoms with Crippen molar-refractivity contribution in [1.82, 2.24) is 14.9 Å². The van der Waals surface area contributed by atoms with Crippen LogP contribution in [0.15, 0.2) is 40.9 Å². The van der Waals surface area contributed by atoms with Crippen LogP contribution in [0.3, 0.4) is 0 Å². The number of rotatable bonds is 6. The van der Waals surface area contributed by atoms with Crippen molar-refractivity contribution in [2.75, 3.05) is 6.26 Å². The first kappa shape index (κ1) is 20.4. The van der Waals surface area contributed by atoms with Crippen molar-refractivity contribution in [2.24, 2.45) is 0 Å². The summed E-state index contributed by atoms with van der Waals surface area (Å²) in [6.45, 7) is 1.32. The van der Waals surface area contributed by atoms with E-state index in [0.717, 1.165) is 12.3 Å². The number of nitrogens with zero attached hydrogens (tertiary/aromatic N) is 2. The molecule has 1 amide bonds. The van der Waals surface area contributed by atoms with E-state index in [2.05, 4.69) is 10.1 Å². The van der Waals surface area contributed by atoms with Gasteiger partial charge in [-0.15, -0.1) is 0 Å². The van der Waals surface area contributed by atoms with Crippen LogP contribution >= 0.6 is 0 Å². The molecule has 0 aliphatic carbocycles. The number of nitrogens with one attached hydrogen (secondary N) is 1. The van der Waals surface area contributed by atoms with Crippen molar-refractivity contribution >= 4 is 15.9 Å². The van der Waals surface area contributed by atoms with Gasteiger partial charge in [-0.25, -0.2) is 21.9 Å². The Kier molecular flexibility index (Phi) is 5.59. The number of benzene rings is 2. The Labute approximate surface area is 164 Å². The average Bonchev–Trinajstić information content (AvgIpc) is 3.07. The van der Waals surface area contributed by atoms with Gasteiger partial charge in [-0.05, 0) is 24.3 Å². The first-order valence-electron chi connectivity index (χ1n) is 8.16. The van der Waals surface area contributed by atoms with Gasteiger partial charge in [-0.2, -0.15) is 4.98 Å². The number of carbonyl (C=O) groups excluding carboxylic acids is 1. The summed E-state index contributed by atoms with van der Waals surface area (Å²) < 4.78 is 62.6. The topological polar surface area (TPSA) is 111 Å². The summed E-state index contributed by atoms with van der Waals surface area (Å²) in [5, 5.41) is 3.79. The lowest BCUT2D eigenvalue weighted by molar-refractivity contribution is 0.0977. The number of carbonyl (C=O) groups is 1. The lowest BCUT2D eigenvalue weighted by Crippen LogP contribution is -2.30. The van der Waals surface area contributed by atoms with E-state index in [1.54, 1.807) is 35.9 Å². The second kappa shape index (κ2) is 7.95. The normalized spacial score (nSPS) is 11.3. The number of aryl methyl sites for hydroxylation is 1. The van der Waals surface area contributed by atoms with Gasteiger partial charge < -0.3 is 9.26 Å². The fourth-order valence-electron chi connectivity index (χ4n) is 2.40. The summed E-state index contributed by atoms with van der Waals surface area (Å²) in [6.07, 6.45) is 0.728. The molecule has 0 unspecified atom stereocenters. The SMILES string of the molecule is Cc1nc(-c2cccc(OCc3cc(F)c(C(=O)NS(C)(=O)=O)cc3F)c2)no1. The van der Waals surface area contributed by atoms with E-state index < -0.39 is 33.1 Å². The number of hydrogen-bond acceptors (Lipinski definition) is 7. The number of aromatic nitrogens is 2. The van der Waals surface area contributed by atoms with E-state index in [4.69, 9.17) is 9.26 Å². The highest BCUT2D eigenvalue weighted by Gasteiger charge is 2.19. The smallest absolute Gasteiger partial charge is 0.267 e. The molecule has 29 heavy (non-hydrogen) atoms. The fraction of sp³-hybridized carbons (Fsp3) is 0.167. The Bertz CT molecular complexity index is 1180. The molecule has 0 fully saturated rings. The third-order valence-electron chi connectivity index (χ3n) is 3.67. The van der Waals surface area contributed by atoms with Crippen LogP contribution in [0.1, 0.15) is 21.8 Å². The van der Waals surface area contributed by atoms with Gasteiger partial charge >= 0.3 is 0 Å². The van der Waals surface area contributed by atoms with E-state index in [1.165, 1.54) is 0 Å². The average molecular weight is 423 g/mol. The molecule has 0 aliphatic rings. The van der Waals surface area contributed by atoms with Crippen molar-refractivity contribution in [3.8, 4) is 17.1 Å². The second-order valence-electron chi connectivity index (χ2n) is 6.08. The number of halogens is 2. The zero-order chi connectivity index (χ0) is 21.2. The summed E-state index contributed by atoms with van der Waals surface area (Å²) in [7, 11) is -3.91. The van der Waals surface area contributed by atoms with Crippen LogP contribution in [0.4, 0.5) is 8.78 Å². The van der Waals surface area contributed by atoms with Crippen LogP contribution in [-0.2, 0) is 16.6 Å². The lowest BCUT2D eigenvalue weighted by Gasteiger charge is -2.10. The number of sulfonamides is 1. The molecular weight excluding hydrogens is 408 g/mol. The van der Waals surface area contributed by atoms with E-state index in [0.29, 0.717) is 29.1 Å². The van der Waals surface area contributed by atoms with Crippen LogP contribution in [0.2, 0.25) is 0 Å². The minimum atomic E-state index is -3.91. The van der Waals surface area contributed by atoms with Crippen molar-refractivity contribution in [1.29, 1.82) is 0 Å². The Morgan fingerprint density at radius 1 is 1.21 bits per heavy atom. The molecule has 0 spiro atoms. The minimum absolute atomic E-state index is 0.154. The summed E-state index contributed by atoms with van der Waals surface area (Å²) >= 11 is 0. The molecule has 11 heteroatoms. The van der Waals surface area contributed by atoms with Gasteiger partial charge in [0.2, 0.25) is 21.7 Å². The van der Waals surface area contributed by atoms with Crippen molar-refractivity contribution in [2.45, 2.75) is 13.5 Å². The highest BCUT2D eigenvalue weighted by atomic mass is 32.2. The predicted octanol–water partition coefficient (Wildman–Crippen LogP) is 2.59. The third-order valence-corrected chi connectivity index (χ3v) is 4.23. The Morgan fingerprint density at radius 2 is 1.97 bits per heavy atom. The first-order chi connectivity index (χ1) is 13.6. The van der Waals surface area contributed by atoms with Gasteiger partial charge in [0.25, 0.3) is 5.91 Å². The lowest BCUT2D eigenvalue weighted by atomic mass is 10.1. The molecule has 3 rings (SSSR count).